The lowest BCUT2D eigenvalue weighted by molar-refractivity contribution is 0.382. The number of benzene rings is 3. The summed E-state index contributed by atoms with van der Waals surface area (Å²) >= 11 is 0. The first kappa shape index (κ1) is 21.0. The number of nitrogens with one attached hydrogen (secondary N) is 1. The van der Waals surface area contributed by atoms with Gasteiger partial charge in [0.25, 0.3) is 0 Å². The molecule has 5 heteroatoms. The number of hydrogen-bond donors (Lipinski definition) is 1. The molecule has 150 valence electrons. The van der Waals surface area contributed by atoms with Crippen LogP contribution in [0.15, 0.2) is 83.9 Å². The Morgan fingerprint density at radius 1 is 0.862 bits per heavy atom. The first-order chi connectivity index (χ1) is 13.5. The molecule has 0 bridgehead atoms. The zero-order valence-electron chi connectivity index (χ0n) is 16.1. The molecule has 1 aliphatic rings. The number of nitrogens with zero attached hydrogens (tertiary/aromatic N) is 1. The predicted molar refractivity (Wildman–Crippen MR) is 115 cm³/mol. The molecule has 2 unspecified atom stereocenters. The molecule has 0 fully saturated rings. The van der Waals surface area contributed by atoms with E-state index in [0.717, 1.165) is 29.8 Å². The van der Waals surface area contributed by atoms with Crippen molar-refractivity contribution in [1.82, 2.24) is 5.32 Å². The van der Waals surface area contributed by atoms with E-state index in [1.807, 2.05) is 37.3 Å². The van der Waals surface area contributed by atoms with Gasteiger partial charge in [-0.2, -0.15) is 0 Å². The summed E-state index contributed by atoms with van der Waals surface area (Å²) in [4.78, 5) is 4.89. The number of hydrogen-bond acceptors (Lipinski definition) is 2. The van der Waals surface area contributed by atoms with Gasteiger partial charge >= 0.3 is 0 Å². The molecule has 1 aliphatic heterocycles. The van der Waals surface area contributed by atoms with Crippen LogP contribution in [0.2, 0.25) is 0 Å². The van der Waals surface area contributed by atoms with E-state index in [1.165, 1.54) is 29.8 Å². The average molecular weight is 413 g/mol. The van der Waals surface area contributed by atoms with Crippen molar-refractivity contribution in [3.8, 4) is 0 Å². The molecule has 1 heterocycles. The van der Waals surface area contributed by atoms with E-state index in [9.17, 15) is 8.78 Å². The molecule has 1 N–H and O–H groups in total. The third-order valence-corrected chi connectivity index (χ3v) is 5.32. The SMILES string of the molecule is CC1(c2cccc(F)c2)NC(CCc2ccccc2)=NC1c1cccc(F)c1.Cl. The molecule has 2 atom stereocenters. The Morgan fingerprint density at radius 2 is 1.55 bits per heavy atom. The van der Waals surface area contributed by atoms with E-state index in [2.05, 4.69) is 17.4 Å². The monoisotopic (exact) mass is 412 g/mol. The van der Waals surface area contributed by atoms with E-state index in [4.69, 9.17) is 4.99 Å². The van der Waals surface area contributed by atoms with Gasteiger partial charge in [-0.15, -0.1) is 12.4 Å². The lowest BCUT2D eigenvalue weighted by Gasteiger charge is -2.32. The second-order valence-electron chi connectivity index (χ2n) is 7.36. The van der Waals surface area contributed by atoms with Gasteiger partial charge in [0.2, 0.25) is 0 Å². The van der Waals surface area contributed by atoms with Crippen LogP contribution in [-0.2, 0) is 12.0 Å². The van der Waals surface area contributed by atoms with Crippen LogP contribution in [0, 0.1) is 11.6 Å². The van der Waals surface area contributed by atoms with Crippen LogP contribution in [0.3, 0.4) is 0 Å². The van der Waals surface area contributed by atoms with Crippen molar-refractivity contribution in [1.29, 1.82) is 0 Å². The number of aliphatic imine (C=N–C) groups is 1. The van der Waals surface area contributed by atoms with Gasteiger partial charge in [-0.1, -0.05) is 54.6 Å². The van der Waals surface area contributed by atoms with Crippen LogP contribution in [-0.4, -0.2) is 5.84 Å². The molecule has 29 heavy (non-hydrogen) atoms. The number of rotatable bonds is 5. The molecule has 0 aliphatic carbocycles. The Balaban J connectivity index is 0.00000240. The fourth-order valence-corrected chi connectivity index (χ4v) is 3.85. The maximum Gasteiger partial charge on any atom is 0.123 e. The van der Waals surface area contributed by atoms with Crippen molar-refractivity contribution in [3.05, 3.63) is 107 Å². The summed E-state index contributed by atoms with van der Waals surface area (Å²) in [5, 5.41) is 3.51. The fraction of sp³-hybridized carbons (Fsp3) is 0.208. The van der Waals surface area contributed by atoms with Crippen molar-refractivity contribution < 1.29 is 8.78 Å². The van der Waals surface area contributed by atoms with Gasteiger partial charge in [0.15, 0.2) is 0 Å². The average Bonchev–Trinajstić information content (AvgIpc) is 3.05. The molecule has 0 saturated carbocycles. The molecule has 4 rings (SSSR count). The summed E-state index contributed by atoms with van der Waals surface area (Å²) < 4.78 is 27.8. The smallest absolute Gasteiger partial charge is 0.123 e. The van der Waals surface area contributed by atoms with Crippen LogP contribution >= 0.6 is 12.4 Å². The molecule has 3 aromatic rings. The highest BCUT2D eigenvalue weighted by Gasteiger charge is 2.42. The first-order valence-corrected chi connectivity index (χ1v) is 9.45. The Labute approximate surface area is 176 Å². The summed E-state index contributed by atoms with van der Waals surface area (Å²) in [6.07, 6.45) is 1.59. The summed E-state index contributed by atoms with van der Waals surface area (Å²) in [6, 6.07) is 22.9. The van der Waals surface area contributed by atoms with E-state index in [1.54, 1.807) is 12.1 Å². The highest BCUT2D eigenvalue weighted by Crippen LogP contribution is 2.42. The summed E-state index contributed by atoms with van der Waals surface area (Å²) in [7, 11) is 0. The van der Waals surface area contributed by atoms with Crippen LogP contribution < -0.4 is 5.32 Å². The van der Waals surface area contributed by atoms with Crippen molar-refractivity contribution >= 4 is 18.2 Å². The minimum atomic E-state index is -0.651. The van der Waals surface area contributed by atoms with Crippen molar-refractivity contribution in [2.75, 3.05) is 0 Å². The lowest BCUT2D eigenvalue weighted by Crippen LogP contribution is -2.41. The van der Waals surface area contributed by atoms with Crippen molar-refractivity contribution in [3.63, 3.8) is 0 Å². The van der Waals surface area contributed by atoms with Gasteiger partial charge in [0.05, 0.1) is 11.4 Å². The summed E-state index contributed by atoms with van der Waals surface area (Å²) in [5.41, 5.74) is 2.14. The molecule has 0 radical (unpaired) electrons. The second-order valence-corrected chi connectivity index (χ2v) is 7.36. The molecule has 0 spiro atoms. The van der Waals surface area contributed by atoms with Gasteiger partial charge in [0, 0.05) is 6.42 Å². The molecule has 2 nitrogen and oxygen atoms in total. The van der Waals surface area contributed by atoms with E-state index >= 15 is 0 Å². The normalized spacial score (nSPS) is 20.5. The molecule has 0 saturated heterocycles. The maximum atomic E-state index is 13.9. The Morgan fingerprint density at radius 3 is 2.24 bits per heavy atom. The highest BCUT2D eigenvalue weighted by molar-refractivity contribution is 5.86. The van der Waals surface area contributed by atoms with Gasteiger partial charge in [0.1, 0.15) is 17.7 Å². The van der Waals surface area contributed by atoms with Crippen molar-refractivity contribution in [2.24, 2.45) is 4.99 Å². The Kier molecular flexibility index (Phi) is 6.33. The van der Waals surface area contributed by atoms with Gasteiger partial charge < -0.3 is 5.32 Å². The largest absolute Gasteiger partial charge is 0.362 e. The van der Waals surface area contributed by atoms with Crippen molar-refractivity contribution in [2.45, 2.75) is 31.3 Å². The zero-order chi connectivity index (χ0) is 19.6. The zero-order valence-corrected chi connectivity index (χ0v) is 16.9. The van der Waals surface area contributed by atoms with E-state index < -0.39 is 5.54 Å². The van der Waals surface area contributed by atoms with Gasteiger partial charge in [-0.25, -0.2) is 8.78 Å². The minimum Gasteiger partial charge on any atom is -0.362 e. The highest BCUT2D eigenvalue weighted by atomic mass is 35.5. The molecule has 0 aromatic heterocycles. The first-order valence-electron chi connectivity index (χ1n) is 9.45. The fourth-order valence-electron chi connectivity index (χ4n) is 3.85. The third-order valence-electron chi connectivity index (χ3n) is 5.32. The van der Waals surface area contributed by atoms with Gasteiger partial charge in [-0.05, 0) is 54.3 Å². The number of halogens is 3. The Bertz CT molecular complexity index is 1010. The van der Waals surface area contributed by atoms with Crippen LogP contribution in [0.5, 0.6) is 0 Å². The molecule has 0 amide bonds. The predicted octanol–water partition coefficient (Wildman–Crippen LogP) is 5.98. The standard InChI is InChI=1S/C24H22F2N2.ClH/c1-24(19-10-6-12-21(26)16-19)23(18-9-5-11-20(25)15-18)27-22(28-24)14-13-17-7-3-2-4-8-17;/h2-12,15-16,23H,13-14H2,1H3,(H,27,28);1H. The minimum absolute atomic E-state index is 0. The van der Waals surface area contributed by atoms with Gasteiger partial charge in [-0.3, -0.25) is 4.99 Å². The maximum absolute atomic E-state index is 13.9. The number of aryl methyl sites for hydroxylation is 1. The third kappa shape index (κ3) is 4.48. The molecule has 3 aromatic carbocycles. The molecular weight excluding hydrogens is 390 g/mol. The topological polar surface area (TPSA) is 24.4 Å². The van der Waals surface area contributed by atoms with E-state index in [-0.39, 0.29) is 30.1 Å². The van der Waals surface area contributed by atoms with Crippen LogP contribution in [0.1, 0.15) is 36.1 Å². The summed E-state index contributed by atoms with van der Waals surface area (Å²) in [6.45, 7) is 2.00. The molecular formula is C24H23ClF2N2. The van der Waals surface area contributed by atoms with Crippen LogP contribution in [0.25, 0.3) is 0 Å². The summed E-state index contributed by atoms with van der Waals surface area (Å²) in [5.74, 6) is 0.258. The lowest BCUT2D eigenvalue weighted by atomic mass is 9.82. The Hall–Kier alpha value is -2.72. The van der Waals surface area contributed by atoms with Crippen LogP contribution in [0.4, 0.5) is 8.78 Å². The number of amidine groups is 1. The van der Waals surface area contributed by atoms with E-state index in [0.29, 0.717) is 0 Å². The quantitative estimate of drug-likeness (QED) is 0.547. The second kappa shape index (κ2) is 8.75.